The van der Waals surface area contributed by atoms with Crippen LogP contribution >= 0.6 is 0 Å². The van der Waals surface area contributed by atoms with E-state index in [1.807, 2.05) is 12.1 Å². The first kappa shape index (κ1) is 22.3. The standard InChI is InChI=1S/C26H32N8O/c1-19-16-33(24-5-4-20(14-27)26-23(24)3-2-6-29-26)18-22(35-19)17-31-9-11-32(12-10-31)25-13-21-15-28-7-8-34(21)30-25/h2-6,13,19,22,28H,7-12,15-18H2,1H3. The van der Waals surface area contributed by atoms with Gasteiger partial charge < -0.3 is 19.9 Å². The molecule has 0 amide bonds. The minimum atomic E-state index is 0.138. The second kappa shape index (κ2) is 9.46. The highest BCUT2D eigenvalue weighted by Crippen LogP contribution is 2.30. The van der Waals surface area contributed by atoms with Gasteiger partial charge in [-0.15, -0.1) is 0 Å². The van der Waals surface area contributed by atoms with E-state index in [2.05, 4.69) is 60.9 Å². The lowest BCUT2D eigenvalue weighted by Gasteiger charge is -2.42. The number of hydrogen-bond acceptors (Lipinski definition) is 8. The van der Waals surface area contributed by atoms with Crippen molar-refractivity contribution < 1.29 is 4.74 Å². The summed E-state index contributed by atoms with van der Waals surface area (Å²) >= 11 is 0. The Hall–Kier alpha value is -3.19. The van der Waals surface area contributed by atoms with E-state index in [1.165, 1.54) is 5.69 Å². The molecule has 2 unspecified atom stereocenters. The smallest absolute Gasteiger partial charge is 0.151 e. The third kappa shape index (κ3) is 4.45. The summed E-state index contributed by atoms with van der Waals surface area (Å²) in [4.78, 5) is 11.8. The maximum atomic E-state index is 9.50. The van der Waals surface area contributed by atoms with Gasteiger partial charge in [0.15, 0.2) is 5.82 Å². The summed E-state index contributed by atoms with van der Waals surface area (Å²) < 4.78 is 8.52. The van der Waals surface area contributed by atoms with Crippen molar-refractivity contribution in [3.63, 3.8) is 0 Å². The Kier molecular flexibility index (Phi) is 6.02. The van der Waals surface area contributed by atoms with Crippen molar-refractivity contribution in [2.75, 3.05) is 62.2 Å². The summed E-state index contributed by atoms with van der Waals surface area (Å²) in [5.41, 5.74) is 3.81. The molecule has 2 aromatic heterocycles. The molecule has 1 N–H and O–H groups in total. The molecule has 3 aliphatic rings. The second-order valence-electron chi connectivity index (χ2n) is 9.80. The molecule has 182 valence electrons. The van der Waals surface area contributed by atoms with E-state index < -0.39 is 0 Å². The molecule has 2 saturated heterocycles. The number of pyridine rings is 1. The lowest BCUT2D eigenvalue weighted by atomic mass is 10.1. The summed E-state index contributed by atoms with van der Waals surface area (Å²) in [6.07, 6.45) is 2.04. The summed E-state index contributed by atoms with van der Waals surface area (Å²) in [6, 6.07) is 12.5. The van der Waals surface area contributed by atoms with Gasteiger partial charge in [0, 0.05) is 82.2 Å². The molecular weight excluding hydrogens is 440 g/mol. The van der Waals surface area contributed by atoms with Crippen LogP contribution in [-0.4, -0.2) is 84.2 Å². The molecule has 9 heteroatoms. The SMILES string of the molecule is CC1CN(c2ccc(C#N)c3ncccc23)CC(CN2CCN(c3cc4n(n3)CCNC4)CC2)O1. The fourth-order valence-electron chi connectivity index (χ4n) is 5.65. The molecule has 3 aromatic rings. The molecule has 0 bridgehead atoms. The Bertz CT molecular complexity index is 1220. The molecule has 0 saturated carbocycles. The van der Waals surface area contributed by atoms with Crippen LogP contribution in [0.5, 0.6) is 0 Å². The third-order valence-electron chi connectivity index (χ3n) is 7.35. The first-order valence-electron chi connectivity index (χ1n) is 12.6. The van der Waals surface area contributed by atoms with E-state index in [9.17, 15) is 5.26 Å². The average molecular weight is 473 g/mol. The van der Waals surface area contributed by atoms with Gasteiger partial charge in [-0.05, 0) is 31.2 Å². The first-order chi connectivity index (χ1) is 17.2. The Balaban J connectivity index is 1.11. The fraction of sp³-hybridized carbons (Fsp3) is 0.500. The Morgan fingerprint density at radius 3 is 2.83 bits per heavy atom. The molecule has 0 radical (unpaired) electrons. The van der Waals surface area contributed by atoms with Crippen molar-refractivity contribution >= 4 is 22.4 Å². The zero-order chi connectivity index (χ0) is 23.8. The maximum absolute atomic E-state index is 9.50. The van der Waals surface area contributed by atoms with Crippen LogP contribution in [0.3, 0.4) is 0 Å². The topological polar surface area (TPSA) is 85.5 Å². The molecular formula is C26H32N8O. The number of ether oxygens (including phenoxy) is 1. The number of anilines is 2. The van der Waals surface area contributed by atoms with Gasteiger partial charge in [0.05, 0.1) is 35.5 Å². The molecule has 6 rings (SSSR count). The number of benzene rings is 1. The third-order valence-corrected chi connectivity index (χ3v) is 7.35. The summed E-state index contributed by atoms with van der Waals surface area (Å²) in [6.45, 7) is 11.6. The number of nitrogens with one attached hydrogen (secondary N) is 1. The summed E-state index contributed by atoms with van der Waals surface area (Å²) in [5, 5.41) is 18.8. The van der Waals surface area contributed by atoms with E-state index in [-0.39, 0.29) is 12.2 Å². The zero-order valence-corrected chi connectivity index (χ0v) is 20.2. The average Bonchev–Trinajstić information content (AvgIpc) is 3.32. The lowest BCUT2D eigenvalue weighted by molar-refractivity contribution is -0.0327. The maximum Gasteiger partial charge on any atom is 0.151 e. The van der Waals surface area contributed by atoms with Crippen molar-refractivity contribution in [3.05, 3.63) is 47.8 Å². The normalized spacial score (nSPS) is 23.3. The van der Waals surface area contributed by atoms with Gasteiger partial charge in [0.1, 0.15) is 6.07 Å². The lowest BCUT2D eigenvalue weighted by Crippen LogP contribution is -2.54. The number of nitriles is 1. The minimum Gasteiger partial charge on any atom is -0.370 e. The second-order valence-corrected chi connectivity index (χ2v) is 9.80. The number of fused-ring (bicyclic) bond motifs is 2. The monoisotopic (exact) mass is 472 g/mol. The van der Waals surface area contributed by atoms with Crippen LogP contribution in [0.1, 0.15) is 18.2 Å². The van der Waals surface area contributed by atoms with Gasteiger partial charge in [0.2, 0.25) is 0 Å². The zero-order valence-electron chi connectivity index (χ0n) is 20.2. The van der Waals surface area contributed by atoms with Crippen LogP contribution in [-0.2, 0) is 17.8 Å². The quantitative estimate of drug-likeness (QED) is 0.616. The van der Waals surface area contributed by atoms with Gasteiger partial charge in [-0.2, -0.15) is 10.4 Å². The van der Waals surface area contributed by atoms with E-state index >= 15 is 0 Å². The number of hydrogen-bond donors (Lipinski definition) is 1. The Morgan fingerprint density at radius 1 is 1.11 bits per heavy atom. The van der Waals surface area contributed by atoms with E-state index in [0.717, 1.165) is 87.9 Å². The number of morpholine rings is 1. The molecule has 9 nitrogen and oxygen atoms in total. The number of nitrogens with zero attached hydrogens (tertiary/aromatic N) is 7. The van der Waals surface area contributed by atoms with Crippen LogP contribution < -0.4 is 15.1 Å². The van der Waals surface area contributed by atoms with E-state index in [0.29, 0.717) is 5.56 Å². The Labute approximate surface area is 205 Å². The van der Waals surface area contributed by atoms with Crippen LogP contribution in [0.25, 0.3) is 10.9 Å². The van der Waals surface area contributed by atoms with Crippen molar-refractivity contribution in [2.24, 2.45) is 0 Å². The predicted molar refractivity (Wildman–Crippen MR) is 136 cm³/mol. The highest BCUT2D eigenvalue weighted by Gasteiger charge is 2.30. The number of piperazine rings is 1. The van der Waals surface area contributed by atoms with Crippen LogP contribution in [0.4, 0.5) is 11.5 Å². The van der Waals surface area contributed by atoms with Gasteiger partial charge >= 0.3 is 0 Å². The minimum absolute atomic E-state index is 0.138. The molecule has 0 aliphatic carbocycles. The van der Waals surface area contributed by atoms with E-state index in [1.54, 1.807) is 6.20 Å². The molecule has 3 aliphatic heterocycles. The Morgan fingerprint density at radius 2 is 2.00 bits per heavy atom. The molecule has 5 heterocycles. The van der Waals surface area contributed by atoms with Crippen molar-refractivity contribution in [1.29, 1.82) is 5.26 Å². The predicted octanol–water partition coefficient (Wildman–Crippen LogP) is 1.82. The molecule has 1 aromatic carbocycles. The van der Waals surface area contributed by atoms with Gasteiger partial charge in [-0.3, -0.25) is 14.6 Å². The molecule has 0 spiro atoms. The molecule has 2 atom stereocenters. The van der Waals surface area contributed by atoms with Gasteiger partial charge in [-0.1, -0.05) is 0 Å². The molecule has 2 fully saturated rings. The molecule has 35 heavy (non-hydrogen) atoms. The van der Waals surface area contributed by atoms with E-state index in [4.69, 9.17) is 9.84 Å². The van der Waals surface area contributed by atoms with Gasteiger partial charge in [-0.25, -0.2) is 0 Å². The van der Waals surface area contributed by atoms with Gasteiger partial charge in [0.25, 0.3) is 0 Å². The fourth-order valence-corrected chi connectivity index (χ4v) is 5.65. The van der Waals surface area contributed by atoms with Crippen molar-refractivity contribution in [3.8, 4) is 6.07 Å². The highest BCUT2D eigenvalue weighted by atomic mass is 16.5. The van der Waals surface area contributed by atoms with Crippen LogP contribution in [0.2, 0.25) is 0 Å². The first-order valence-corrected chi connectivity index (χ1v) is 12.6. The summed E-state index contributed by atoms with van der Waals surface area (Å²) in [7, 11) is 0. The number of aromatic nitrogens is 3. The number of rotatable bonds is 4. The summed E-state index contributed by atoms with van der Waals surface area (Å²) in [5.74, 6) is 1.11. The largest absolute Gasteiger partial charge is 0.370 e. The van der Waals surface area contributed by atoms with Crippen molar-refractivity contribution in [2.45, 2.75) is 32.2 Å². The van der Waals surface area contributed by atoms with Crippen LogP contribution in [0, 0.1) is 11.3 Å². The van der Waals surface area contributed by atoms with Crippen LogP contribution in [0.15, 0.2) is 36.5 Å². The highest BCUT2D eigenvalue weighted by molar-refractivity contribution is 5.95. The van der Waals surface area contributed by atoms with Crippen molar-refractivity contribution in [1.82, 2.24) is 25.0 Å².